The second-order valence-electron chi connectivity index (χ2n) is 9.30. The summed E-state index contributed by atoms with van der Waals surface area (Å²) in [6.45, 7) is 5.35. The van der Waals surface area contributed by atoms with Gasteiger partial charge in [-0.05, 0) is 44.4 Å². The van der Waals surface area contributed by atoms with Crippen LogP contribution in [-0.4, -0.2) is 43.3 Å². The molecule has 7 nitrogen and oxygen atoms in total. The van der Waals surface area contributed by atoms with Crippen LogP contribution in [0, 0.1) is 6.92 Å². The van der Waals surface area contributed by atoms with Gasteiger partial charge in [0.2, 0.25) is 0 Å². The molecule has 1 saturated carbocycles. The maximum absolute atomic E-state index is 13.2. The smallest absolute Gasteiger partial charge is 0.256 e. The number of nitrogens with one attached hydrogen (secondary N) is 2. The van der Waals surface area contributed by atoms with Crippen molar-refractivity contribution in [3.05, 3.63) is 46.8 Å². The van der Waals surface area contributed by atoms with E-state index in [4.69, 9.17) is 15.5 Å². The molecule has 1 aromatic heterocycles. The molecule has 7 heteroatoms. The Morgan fingerprint density at radius 3 is 2.79 bits per heavy atom. The van der Waals surface area contributed by atoms with Gasteiger partial charge in [-0.3, -0.25) is 4.79 Å². The number of aromatic nitrogens is 1. The number of carbonyl (C=O) groups excluding carboxylic acids is 1. The van der Waals surface area contributed by atoms with Crippen LogP contribution in [0.3, 0.4) is 0 Å². The monoisotopic (exact) mass is 451 g/mol. The number of amides is 1. The van der Waals surface area contributed by atoms with E-state index in [1.165, 1.54) is 37.8 Å². The molecule has 2 aromatic rings. The number of carbonyl (C=O) groups is 1. The van der Waals surface area contributed by atoms with E-state index >= 15 is 0 Å². The maximum atomic E-state index is 13.2. The lowest BCUT2D eigenvalue weighted by molar-refractivity contribution is 0.0937. The minimum atomic E-state index is -0.388. The van der Waals surface area contributed by atoms with Crippen molar-refractivity contribution < 1.29 is 9.53 Å². The van der Waals surface area contributed by atoms with E-state index in [2.05, 4.69) is 27.7 Å². The van der Waals surface area contributed by atoms with Crippen LogP contribution in [0.2, 0.25) is 0 Å². The van der Waals surface area contributed by atoms with Gasteiger partial charge in [0.05, 0.1) is 36.6 Å². The number of fused-ring (bicyclic) bond motifs is 1. The van der Waals surface area contributed by atoms with Crippen LogP contribution in [0.1, 0.15) is 67.8 Å². The summed E-state index contributed by atoms with van der Waals surface area (Å²) in [4.78, 5) is 20.2. The molecule has 1 aromatic carbocycles. The van der Waals surface area contributed by atoms with Crippen LogP contribution in [0.15, 0.2) is 35.7 Å². The summed E-state index contributed by atoms with van der Waals surface area (Å²) < 4.78 is 5.81. The van der Waals surface area contributed by atoms with Crippen molar-refractivity contribution in [2.75, 3.05) is 25.1 Å². The standard InChI is InChI=1S/C26H37N5O2/c1-4-24(27)30-26(32)20-15-18-14-17(2)10-11-21(18)29-25(20)31-13-12-22(23(16-31)33-3)28-19-8-6-5-7-9-19/h10-11,14-15,19,24,28H,4-9,12-13,16,27H2,1-3H3,(H,30,32). The van der Waals surface area contributed by atoms with E-state index in [0.29, 0.717) is 30.4 Å². The number of benzene rings is 1. The lowest BCUT2D eigenvalue weighted by Gasteiger charge is -2.34. The van der Waals surface area contributed by atoms with Gasteiger partial charge in [-0.1, -0.05) is 37.8 Å². The van der Waals surface area contributed by atoms with E-state index in [1.807, 2.05) is 26.0 Å². The Labute approximate surface area is 196 Å². The van der Waals surface area contributed by atoms with Crippen molar-refractivity contribution in [2.24, 2.45) is 5.73 Å². The molecule has 1 fully saturated rings. The highest BCUT2D eigenvalue weighted by molar-refractivity contribution is 6.02. The van der Waals surface area contributed by atoms with Crippen LogP contribution in [-0.2, 0) is 4.74 Å². The predicted molar refractivity (Wildman–Crippen MR) is 133 cm³/mol. The third-order valence-electron chi connectivity index (χ3n) is 6.78. The molecule has 4 N–H and O–H groups in total. The van der Waals surface area contributed by atoms with E-state index in [-0.39, 0.29) is 12.1 Å². The zero-order valence-electron chi connectivity index (χ0n) is 20.1. The van der Waals surface area contributed by atoms with Gasteiger partial charge in [0.1, 0.15) is 11.6 Å². The van der Waals surface area contributed by atoms with Gasteiger partial charge in [0.25, 0.3) is 5.91 Å². The number of pyridine rings is 1. The summed E-state index contributed by atoms with van der Waals surface area (Å²) >= 11 is 0. The van der Waals surface area contributed by atoms with E-state index in [0.717, 1.165) is 35.2 Å². The first-order valence-corrected chi connectivity index (χ1v) is 12.2. The number of hydrogen-bond donors (Lipinski definition) is 3. The van der Waals surface area contributed by atoms with Crippen LogP contribution in [0.25, 0.3) is 10.9 Å². The molecule has 33 heavy (non-hydrogen) atoms. The van der Waals surface area contributed by atoms with Crippen LogP contribution >= 0.6 is 0 Å². The summed E-state index contributed by atoms with van der Waals surface area (Å²) in [7, 11) is 1.73. The number of methoxy groups -OCH3 is 1. The molecule has 178 valence electrons. The molecule has 0 spiro atoms. The second kappa shape index (κ2) is 10.4. The fraction of sp³-hybridized carbons (Fsp3) is 0.538. The van der Waals surface area contributed by atoms with Gasteiger partial charge in [-0.15, -0.1) is 0 Å². The molecular formula is C26H37N5O2. The Morgan fingerprint density at radius 2 is 2.06 bits per heavy atom. The average Bonchev–Trinajstić information content (AvgIpc) is 2.84. The van der Waals surface area contributed by atoms with Crippen molar-refractivity contribution in [1.82, 2.24) is 15.6 Å². The van der Waals surface area contributed by atoms with Crippen LogP contribution in [0.5, 0.6) is 0 Å². The number of ether oxygens (including phenoxy) is 1. The Balaban J connectivity index is 1.65. The molecule has 2 aliphatic rings. The highest BCUT2D eigenvalue weighted by Gasteiger charge is 2.27. The molecule has 1 amide bonds. The Bertz CT molecular complexity index is 1030. The molecule has 0 bridgehead atoms. The topological polar surface area (TPSA) is 92.5 Å². The fourth-order valence-corrected chi connectivity index (χ4v) is 4.79. The van der Waals surface area contributed by atoms with Gasteiger partial charge < -0.3 is 26.0 Å². The normalized spacial score (nSPS) is 18.4. The zero-order valence-corrected chi connectivity index (χ0v) is 20.1. The van der Waals surface area contributed by atoms with E-state index in [9.17, 15) is 4.79 Å². The predicted octanol–water partition coefficient (Wildman–Crippen LogP) is 3.96. The number of anilines is 1. The summed E-state index contributed by atoms with van der Waals surface area (Å²) in [5.41, 5.74) is 9.78. The molecule has 1 atom stereocenters. The number of nitrogens with two attached hydrogens (primary N) is 1. The molecule has 0 saturated heterocycles. The van der Waals surface area contributed by atoms with Gasteiger partial charge >= 0.3 is 0 Å². The first-order chi connectivity index (χ1) is 16.0. The second-order valence-corrected chi connectivity index (χ2v) is 9.30. The quantitative estimate of drug-likeness (QED) is 0.552. The van der Waals surface area contributed by atoms with Gasteiger partial charge in [0, 0.05) is 24.4 Å². The summed E-state index contributed by atoms with van der Waals surface area (Å²) in [6.07, 6.45) is 7.47. The summed E-state index contributed by atoms with van der Waals surface area (Å²) in [5, 5.41) is 7.61. The largest absolute Gasteiger partial charge is 0.497 e. The first-order valence-electron chi connectivity index (χ1n) is 12.2. The average molecular weight is 452 g/mol. The molecule has 2 heterocycles. The lowest BCUT2D eigenvalue weighted by Crippen LogP contribution is -2.43. The van der Waals surface area contributed by atoms with Crippen molar-refractivity contribution in [3.8, 4) is 0 Å². The van der Waals surface area contributed by atoms with Crippen LogP contribution < -0.4 is 21.3 Å². The Kier molecular flexibility index (Phi) is 7.38. The van der Waals surface area contributed by atoms with Crippen molar-refractivity contribution in [1.29, 1.82) is 0 Å². The molecular weight excluding hydrogens is 414 g/mol. The molecule has 4 rings (SSSR count). The van der Waals surface area contributed by atoms with E-state index < -0.39 is 0 Å². The van der Waals surface area contributed by atoms with Gasteiger partial charge in [-0.2, -0.15) is 0 Å². The number of aryl methyl sites for hydroxylation is 1. The van der Waals surface area contributed by atoms with Gasteiger partial charge in [-0.25, -0.2) is 4.98 Å². The number of nitrogens with zero attached hydrogens (tertiary/aromatic N) is 2. The molecule has 1 aliphatic heterocycles. The highest BCUT2D eigenvalue weighted by atomic mass is 16.5. The van der Waals surface area contributed by atoms with Crippen molar-refractivity contribution in [2.45, 2.75) is 71.0 Å². The number of hydrogen-bond acceptors (Lipinski definition) is 6. The SMILES string of the molecule is CCC(N)NC(=O)c1cc2cc(C)ccc2nc1N1CCC(NC2CCCCC2)=C(OC)C1. The van der Waals surface area contributed by atoms with Crippen molar-refractivity contribution in [3.63, 3.8) is 0 Å². The Hall–Kier alpha value is -2.80. The molecule has 1 aliphatic carbocycles. The zero-order chi connectivity index (χ0) is 23.4. The molecule has 1 unspecified atom stereocenters. The Morgan fingerprint density at radius 1 is 1.27 bits per heavy atom. The van der Waals surface area contributed by atoms with E-state index in [1.54, 1.807) is 7.11 Å². The summed E-state index contributed by atoms with van der Waals surface area (Å²) in [6, 6.07) is 8.60. The summed E-state index contributed by atoms with van der Waals surface area (Å²) in [5.74, 6) is 1.41. The minimum Gasteiger partial charge on any atom is -0.497 e. The first kappa shape index (κ1) is 23.4. The van der Waals surface area contributed by atoms with Crippen LogP contribution in [0.4, 0.5) is 5.82 Å². The highest BCUT2D eigenvalue weighted by Crippen LogP contribution is 2.29. The third kappa shape index (κ3) is 5.41. The molecule has 0 radical (unpaired) electrons. The van der Waals surface area contributed by atoms with Crippen molar-refractivity contribution >= 4 is 22.6 Å². The fourth-order valence-electron chi connectivity index (χ4n) is 4.79. The maximum Gasteiger partial charge on any atom is 0.256 e. The third-order valence-corrected chi connectivity index (χ3v) is 6.78. The van der Waals surface area contributed by atoms with Gasteiger partial charge in [0.15, 0.2) is 0 Å². The number of rotatable bonds is 7. The lowest BCUT2D eigenvalue weighted by atomic mass is 9.95. The minimum absolute atomic E-state index is 0.190.